The second-order valence-electron chi connectivity index (χ2n) is 7.10. The Morgan fingerprint density at radius 2 is 1.91 bits per heavy atom. The molecule has 0 fully saturated rings. The third-order valence-corrected chi connectivity index (χ3v) is 6.09. The number of hydrogen-bond acceptors (Lipinski definition) is 5. The van der Waals surface area contributed by atoms with E-state index in [9.17, 15) is 18.0 Å². The van der Waals surface area contributed by atoms with Crippen LogP contribution in [-0.4, -0.2) is 30.3 Å². The molecule has 0 atom stereocenters. The lowest BCUT2D eigenvalue weighted by atomic mass is 10.3. The molecule has 5 aromatic rings. The van der Waals surface area contributed by atoms with Crippen molar-refractivity contribution in [2.45, 2.75) is 19.6 Å². The summed E-state index contributed by atoms with van der Waals surface area (Å²) in [7, 11) is 0. The quantitative estimate of drug-likeness (QED) is 0.435. The molecule has 0 unspecified atom stereocenters. The van der Waals surface area contributed by atoms with Gasteiger partial charge in [-0.15, -0.1) is 21.5 Å². The van der Waals surface area contributed by atoms with Crippen LogP contribution in [0, 0.1) is 6.92 Å². The van der Waals surface area contributed by atoms with E-state index in [0.717, 1.165) is 33.9 Å². The minimum atomic E-state index is -4.49. The zero-order valence-electron chi connectivity index (χ0n) is 16.6. The Bertz CT molecular complexity index is 1450. The van der Waals surface area contributed by atoms with Gasteiger partial charge in [-0.1, -0.05) is 18.2 Å². The van der Waals surface area contributed by atoms with E-state index in [1.54, 1.807) is 10.7 Å². The van der Waals surface area contributed by atoms with Crippen LogP contribution in [0.15, 0.2) is 54.7 Å². The first-order valence-electron chi connectivity index (χ1n) is 9.55. The molecule has 7 nitrogen and oxygen atoms in total. The van der Waals surface area contributed by atoms with Crippen LogP contribution in [0.4, 0.5) is 13.2 Å². The zero-order chi connectivity index (χ0) is 22.5. The fourth-order valence-corrected chi connectivity index (χ4v) is 4.48. The highest BCUT2D eigenvalue weighted by molar-refractivity contribution is 7.20. The van der Waals surface area contributed by atoms with E-state index in [4.69, 9.17) is 0 Å². The lowest BCUT2D eigenvalue weighted by molar-refractivity contribution is -0.137. The number of thiophene rings is 1. The van der Waals surface area contributed by atoms with Crippen molar-refractivity contribution in [1.82, 2.24) is 29.7 Å². The summed E-state index contributed by atoms with van der Waals surface area (Å²) in [5.41, 5.74) is 1.13. The smallest absolute Gasteiger partial charge is 0.344 e. The van der Waals surface area contributed by atoms with E-state index in [0.29, 0.717) is 4.88 Å². The van der Waals surface area contributed by atoms with E-state index in [1.165, 1.54) is 21.8 Å². The Balaban J connectivity index is 1.40. The number of fused-ring (bicyclic) bond motifs is 2. The Hall–Kier alpha value is -3.73. The van der Waals surface area contributed by atoms with Crippen molar-refractivity contribution >= 4 is 33.1 Å². The summed E-state index contributed by atoms with van der Waals surface area (Å²) in [5.74, 6) is -0.152. The molecule has 32 heavy (non-hydrogen) atoms. The molecule has 0 aliphatic carbocycles. The number of rotatable bonds is 4. The minimum absolute atomic E-state index is 0.0701. The van der Waals surface area contributed by atoms with Gasteiger partial charge in [0.05, 0.1) is 28.4 Å². The average molecular weight is 456 g/mol. The third-order valence-electron chi connectivity index (χ3n) is 4.98. The van der Waals surface area contributed by atoms with Crippen LogP contribution in [0.3, 0.4) is 0 Å². The maximum absolute atomic E-state index is 13.0. The van der Waals surface area contributed by atoms with E-state index in [1.807, 2.05) is 37.3 Å². The van der Waals surface area contributed by atoms with Gasteiger partial charge in [-0.05, 0) is 37.3 Å². The second-order valence-corrected chi connectivity index (χ2v) is 8.14. The number of aromatic nitrogens is 5. The highest BCUT2D eigenvalue weighted by Gasteiger charge is 2.31. The largest absolute Gasteiger partial charge is 0.417 e. The maximum Gasteiger partial charge on any atom is 0.417 e. The number of nitrogens with one attached hydrogen (secondary N) is 1. The van der Waals surface area contributed by atoms with E-state index in [-0.39, 0.29) is 23.9 Å². The van der Waals surface area contributed by atoms with Gasteiger partial charge in [0.2, 0.25) is 0 Å². The first-order valence-corrected chi connectivity index (χ1v) is 10.4. The van der Waals surface area contributed by atoms with Gasteiger partial charge < -0.3 is 5.32 Å². The number of pyridine rings is 1. The monoisotopic (exact) mass is 456 g/mol. The van der Waals surface area contributed by atoms with Crippen LogP contribution < -0.4 is 5.32 Å². The molecule has 162 valence electrons. The van der Waals surface area contributed by atoms with Gasteiger partial charge >= 0.3 is 6.18 Å². The van der Waals surface area contributed by atoms with Crippen LogP contribution in [0.5, 0.6) is 0 Å². The maximum atomic E-state index is 13.0. The van der Waals surface area contributed by atoms with Crippen LogP contribution in [0.25, 0.3) is 21.6 Å². The standard InChI is InChI=1S/C21H15F3N6OS/c1-12-15-9-16(32-20(15)30(28-12)14-5-3-2-4-6-14)19(31)25-10-18-27-26-17-8-7-13(11-29(17)18)21(22,23)24/h2-9,11H,10H2,1H3,(H,25,31). The number of aryl methyl sites for hydroxylation is 1. The van der Waals surface area contributed by atoms with Crippen molar-refractivity contribution < 1.29 is 18.0 Å². The predicted octanol–water partition coefficient (Wildman–Crippen LogP) is 4.39. The van der Waals surface area contributed by atoms with Crippen molar-refractivity contribution in [3.05, 3.63) is 76.7 Å². The number of benzene rings is 1. The molecular weight excluding hydrogens is 441 g/mol. The summed E-state index contributed by atoms with van der Waals surface area (Å²) in [4.78, 5) is 14.1. The van der Waals surface area contributed by atoms with Crippen molar-refractivity contribution in [3.63, 3.8) is 0 Å². The summed E-state index contributed by atoms with van der Waals surface area (Å²) in [6.07, 6.45) is -3.56. The normalized spacial score (nSPS) is 12.0. The summed E-state index contributed by atoms with van der Waals surface area (Å²) in [6.45, 7) is 1.80. The number of amides is 1. The number of hydrogen-bond donors (Lipinski definition) is 1. The summed E-state index contributed by atoms with van der Waals surface area (Å²) in [6, 6.07) is 13.5. The van der Waals surface area contributed by atoms with Crippen LogP contribution in [-0.2, 0) is 12.7 Å². The van der Waals surface area contributed by atoms with Gasteiger partial charge in [-0.3, -0.25) is 9.20 Å². The fourth-order valence-electron chi connectivity index (χ4n) is 3.38. The van der Waals surface area contributed by atoms with Crippen molar-refractivity contribution in [1.29, 1.82) is 0 Å². The molecule has 0 spiro atoms. The summed E-state index contributed by atoms with van der Waals surface area (Å²) >= 11 is 1.29. The van der Waals surface area contributed by atoms with Crippen LogP contribution in [0.1, 0.15) is 26.8 Å². The van der Waals surface area contributed by atoms with Gasteiger partial charge in [-0.2, -0.15) is 18.3 Å². The van der Waals surface area contributed by atoms with Gasteiger partial charge in [-0.25, -0.2) is 4.68 Å². The third kappa shape index (κ3) is 3.50. The lowest BCUT2D eigenvalue weighted by Crippen LogP contribution is -2.23. The summed E-state index contributed by atoms with van der Waals surface area (Å²) < 4.78 is 42.1. The van der Waals surface area contributed by atoms with Crippen molar-refractivity contribution in [2.24, 2.45) is 0 Å². The molecule has 5 rings (SSSR count). The molecular formula is C21H15F3N6OS. The Labute approximate surface area is 183 Å². The van der Waals surface area contributed by atoms with Gasteiger partial charge in [0.15, 0.2) is 11.5 Å². The van der Waals surface area contributed by atoms with E-state index < -0.39 is 11.7 Å². The lowest BCUT2D eigenvalue weighted by Gasteiger charge is -2.08. The first kappa shape index (κ1) is 20.2. The van der Waals surface area contributed by atoms with E-state index >= 15 is 0 Å². The Kier molecular flexibility index (Phi) is 4.70. The van der Waals surface area contributed by atoms with E-state index in [2.05, 4.69) is 20.6 Å². The molecule has 0 radical (unpaired) electrons. The molecule has 4 heterocycles. The van der Waals surface area contributed by atoms with Crippen molar-refractivity contribution in [3.8, 4) is 5.69 Å². The molecule has 11 heteroatoms. The number of carbonyl (C=O) groups excluding carboxylic acids is 1. The molecule has 0 bridgehead atoms. The second kappa shape index (κ2) is 7.45. The Morgan fingerprint density at radius 3 is 2.66 bits per heavy atom. The fraction of sp³-hybridized carbons (Fsp3) is 0.143. The molecule has 0 aliphatic heterocycles. The minimum Gasteiger partial charge on any atom is -0.344 e. The first-order chi connectivity index (χ1) is 15.3. The molecule has 0 saturated heterocycles. The zero-order valence-corrected chi connectivity index (χ0v) is 17.4. The highest BCUT2D eigenvalue weighted by atomic mass is 32.1. The molecule has 1 aromatic carbocycles. The number of alkyl halides is 3. The highest BCUT2D eigenvalue weighted by Crippen LogP contribution is 2.31. The Morgan fingerprint density at radius 1 is 1.12 bits per heavy atom. The molecule has 0 saturated carbocycles. The summed E-state index contributed by atoms with van der Waals surface area (Å²) in [5, 5.41) is 15.9. The number of carbonyl (C=O) groups is 1. The van der Waals surface area contributed by atoms with Gasteiger partial charge in [0.1, 0.15) is 4.83 Å². The van der Waals surface area contributed by atoms with Crippen LogP contribution in [0.2, 0.25) is 0 Å². The van der Waals surface area contributed by atoms with Crippen molar-refractivity contribution in [2.75, 3.05) is 0 Å². The predicted molar refractivity (Wildman–Crippen MR) is 113 cm³/mol. The van der Waals surface area contributed by atoms with Gasteiger partial charge in [0, 0.05) is 11.6 Å². The average Bonchev–Trinajstić information content (AvgIpc) is 3.46. The molecule has 0 aliphatic rings. The number of halogens is 3. The van der Waals surface area contributed by atoms with Gasteiger partial charge in [0.25, 0.3) is 5.91 Å². The molecule has 1 N–H and O–H groups in total. The topological polar surface area (TPSA) is 77.1 Å². The number of nitrogens with zero attached hydrogens (tertiary/aromatic N) is 5. The van der Waals surface area contributed by atoms with Crippen LogP contribution >= 0.6 is 11.3 Å². The number of para-hydroxylation sites is 1. The molecule has 4 aromatic heterocycles. The SMILES string of the molecule is Cc1nn(-c2ccccc2)c2sc(C(=O)NCc3nnc4ccc(C(F)(F)F)cn34)cc12. The molecule has 1 amide bonds.